The largest absolute Gasteiger partial charge is 0.504 e. The highest BCUT2D eigenvalue weighted by Crippen LogP contribution is 2.50. The molecule has 0 aliphatic carbocycles. The zero-order valence-corrected chi connectivity index (χ0v) is 15.2. The van der Waals surface area contributed by atoms with Crippen LogP contribution in [0.4, 0.5) is 0 Å². The van der Waals surface area contributed by atoms with Gasteiger partial charge < -0.3 is 9.84 Å². The smallest absolute Gasteiger partial charge is 0.182 e. The molecule has 0 saturated carbocycles. The SMILES string of the molecule is Cc1[nH]nc2nc3c4c(c(O)c5ccccc53)OC(c3ccccc3)Cc4c12. The number of H-pyrrole nitrogens is 1. The second kappa shape index (κ2) is 5.45. The highest BCUT2D eigenvalue weighted by atomic mass is 16.5. The number of hydrogen-bond acceptors (Lipinski definition) is 4. The normalized spacial score (nSPS) is 16.0. The molecule has 5 nitrogen and oxygen atoms in total. The van der Waals surface area contributed by atoms with Crippen molar-refractivity contribution in [2.45, 2.75) is 19.4 Å². The topological polar surface area (TPSA) is 71.0 Å². The van der Waals surface area contributed by atoms with Crippen LogP contribution in [0, 0.1) is 6.92 Å². The van der Waals surface area contributed by atoms with E-state index >= 15 is 0 Å². The highest BCUT2D eigenvalue weighted by molar-refractivity contribution is 6.16. The van der Waals surface area contributed by atoms with Crippen LogP contribution in [0.5, 0.6) is 11.5 Å². The van der Waals surface area contributed by atoms with E-state index in [4.69, 9.17) is 9.72 Å². The molecule has 6 rings (SSSR count). The Morgan fingerprint density at radius 2 is 1.75 bits per heavy atom. The van der Waals surface area contributed by atoms with Crippen molar-refractivity contribution in [3.63, 3.8) is 0 Å². The first-order chi connectivity index (χ1) is 13.7. The molecule has 2 N–H and O–H groups in total. The van der Waals surface area contributed by atoms with Crippen molar-refractivity contribution in [1.82, 2.24) is 15.2 Å². The predicted octanol–water partition coefficient (Wildman–Crippen LogP) is 4.95. The Morgan fingerprint density at radius 3 is 2.57 bits per heavy atom. The van der Waals surface area contributed by atoms with Gasteiger partial charge in [-0.3, -0.25) is 5.10 Å². The number of fused-ring (bicyclic) bond motifs is 4. The molecule has 0 bridgehead atoms. The number of aromatic hydroxyl groups is 1. The van der Waals surface area contributed by atoms with Gasteiger partial charge in [-0.05, 0) is 18.1 Å². The summed E-state index contributed by atoms with van der Waals surface area (Å²) >= 11 is 0. The summed E-state index contributed by atoms with van der Waals surface area (Å²) < 4.78 is 6.37. The van der Waals surface area contributed by atoms with Gasteiger partial charge in [-0.25, -0.2) is 4.98 Å². The maximum atomic E-state index is 11.1. The van der Waals surface area contributed by atoms with Gasteiger partial charge in [-0.15, -0.1) is 0 Å². The van der Waals surface area contributed by atoms with Crippen LogP contribution in [-0.2, 0) is 6.42 Å². The summed E-state index contributed by atoms with van der Waals surface area (Å²) in [7, 11) is 0. The van der Waals surface area contributed by atoms with Gasteiger partial charge >= 0.3 is 0 Å². The molecule has 0 fully saturated rings. The van der Waals surface area contributed by atoms with Crippen LogP contribution < -0.4 is 4.74 Å². The van der Waals surface area contributed by atoms with E-state index in [9.17, 15) is 5.11 Å². The van der Waals surface area contributed by atoms with Gasteiger partial charge in [0.2, 0.25) is 0 Å². The Labute approximate surface area is 160 Å². The van der Waals surface area contributed by atoms with Gasteiger partial charge in [0.1, 0.15) is 6.10 Å². The summed E-state index contributed by atoms with van der Waals surface area (Å²) in [5.41, 5.74) is 4.72. The number of rotatable bonds is 1. The Balaban J connectivity index is 1.78. The van der Waals surface area contributed by atoms with Crippen LogP contribution in [0.3, 0.4) is 0 Å². The first-order valence-corrected chi connectivity index (χ1v) is 9.35. The molecule has 3 heterocycles. The van der Waals surface area contributed by atoms with E-state index < -0.39 is 0 Å². The number of phenolic OH excluding ortho intramolecular Hbond substituents is 1. The summed E-state index contributed by atoms with van der Waals surface area (Å²) in [6.45, 7) is 2.01. The van der Waals surface area contributed by atoms with Gasteiger partial charge in [0.05, 0.1) is 10.9 Å². The lowest BCUT2D eigenvalue weighted by molar-refractivity contribution is 0.195. The molecular weight excluding hydrogens is 350 g/mol. The van der Waals surface area contributed by atoms with Gasteiger partial charge in [0, 0.05) is 28.3 Å². The third kappa shape index (κ3) is 1.96. The molecular formula is C23H17N3O2. The van der Waals surface area contributed by atoms with Crippen molar-refractivity contribution < 1.29 is 9.84 Å². The molecule has 136 valence electrons. The lowest BCUT2D eigenvalue weighted by atomic mass is 9.90. The van der Waals surface area contributed by atoms with Crippen LogP contribution in [0.1, 0.15) is 22.9 Å². The van der Waals surface area contributed by atoms with Gasteiger partial charge in [-0.2, -0.15) is 5.10 Å². The molecule has 0 radical (unpaired) electrons. The van der Waals surface area contributed by atoms with Crippen molar-refractivity contribution >= 4 is 32.7 Å². The van der Waals surface area contributed by atoms with E-state index in [1.54, 1.807) is 0 Å². The average Bonchev–Trinajstić information content (AvgIpc) is 3.13. The van der Waals surface area contributed by atoms with E-state index in [1.165, 1.54) is 0 Å². The van der Waals surface area contributed by atoms with Gasteiger partial charge in [-0.1, -0.05) is 54.6 Å². The van der Waals surface area contributed by atoms with Crippen molar-refractivity contribution in [2.24, 2.45) is 0 Å². The van der Waals surface area contributed by atoms with E-state index in [2.05, 4.69) is 22.3 Å². The predicted molar refractivity (Wildman–Crippen MR) is 109 cm³/mol. The second-order valence-electron chi connectivity index (χ2n) is 7.31. The number of hydrogen-bond donors (Lipinski definition) is 2. The third-order valence-corrected chi connectivity index (χ3v) is 5.69. The number of aryl methyl sites for hydroxylation is 1. The van der Waals surface area contributed by atoms with E-state index in [0.717, 1.165) is 43.9 Å². The fourth-order valence-corrected chi connectivity index (χ4v) is 4.41. The number of nitrogens with one attached hydrogen (secondary N) is 1. The van der Waals surface area contributed by atoms with Gasteiger partial charge in [0.15, 0.2) is 17.1 Å². The second-order valence-corrected chi connectivity index (χ2v) is 7.31. The van der Waals surface area contributed by atoms with Crippen molar-refractivity contribution in [2.75, 3.05) is 0 Å². The Morgan fingerprint density at radius 1 is 1.00 bits per heavy atom. The van der Waals surface area contributed by atoms with Crippen molar-refractivity contribution in [1.29, 1.82) is 0 Å². The Bertz CT molecular complexity index is 1390. The summed E-state index contributed by atoms with van der Waals surface area (Å²) in [5, 5.41) is 22.1. The molecule has 5 heteroatoms. The zero-order valence-electron chi connectivity index (χ0n) is 15.2. The number of aromatic nitrogens is 3. The molecule has 3 aromatic carbocycles. The Kier molecular flexibility index (Phi) is 3.01. The molecule has 0 spiro atoms. The zero-order chi connectivity index (χ0) is 18.8. The molecule has 0 saturated heterocycles. The molecule has 1 aliphatic rings. The highest BCUT2D eigenvalue weighted by Gasteiger charge is 2.31. The molecule has 0 amide bonds. The molecule has 1 aliphatic heterocycles. The van der Waals surface area contributed by atoms with Crippen LogP contribution in [0.2, 0.25) is 0 Å². The lowest BCUT2D eigenvalue weighted by Gasteiger charge is -2.28. The van der Waals surface area contributed by atoms with Crippen molar-refractivity contribution in [3.8, 4) is 11.5 Å². The minimum absolute atomic E-state index is 0.173. The summed E-state index contributed by atoms with van der Waals surface area (Å²) in [4.78, 5) is 4.84. The summed E-state index contributed by atoms with van der Waals surface area (Å²) in [6, 6.07) is 17.9. The number of ether oxygens (including phenoxy) is 1. The van der Waals surface area contributed by atoms with Crippen LogP contribution >= 0.6 is 0 Å². The first kappa shape index (κ1) is 15.5. The summed E-state index contributed by atoms with van der Waals surface area (Å²) in [6.07, 6.45) is 0.522. The van der Waals surface area contributed by atoms with Crippen LogP contribution in [0.15, 0.2) is 54.6 Å². The molecule has 2 aromatic heterocycles. The lowest BCUT2D eigenvalue weighted by Crippen LogP contribution is -2.16. The molecule has 28 heavy (non-hydrogen) atoms. The minimum Gasteiger partial charge on any atom is -0.504 e. The minimum atomic E-state index is -0.177. The van der Waals surface area contributed by atoms with Crippen molar-refractivity contribution in [3.05, 3.63) is 71.4 Å². The summed E-state index contributed by atoms with van der Waals surface area (Å²) in [5.74, 6) is 0.686. The number of phenols is 1. The Hall–Kier alpha value is -3.60. The number of aromatic amines is 1. The third-order valence-electron chi connectivity index (χ3n) is 5.69. The van der Waals surface area contributed by atoms with Crippen LogP contribution in [-0.4, -0.2) is 20.3 Å². The number of nitrogens with zero attached hydrogens (tertiary/aromatic N) is 2. The maximum absolute atomic E-state index is 11.1. The molecule has 1 unspecified atom stereocenters. The average molecular weight is 367 g/mol. The monoisotopic (exact) mass is 367 g/mol. The van der Waals surface area contributed by atoms with E-state index in [1.807, 2.05) is 49.4 Å². The van der Waals surface area contributed by atoms with E-state index in [-0.39, 0.29) is 11.9 Å². The maximum Gasteiger partial charge on any atom is 0.182 e. The molecule has 1 atom stereocenters. The van der Waals surface area contributed by atoms with E-state index in [0.29, 0.717) is 17.8 Å². The molecule has 5 aromatic rings. The fourth-order valence-electron chi connectivity index (χ4n) is 4.41. The standard InChI is InChI=1S/C23H17N3O2/c1-12-18-16-11-17(13-7-3-2-4-8-13)28-22-19(16)20(24-23(18)26-25-12)14-9-5-6-10-15(14)21(22)27/h2-10,17,27H,11H2,1H3,(H,24,25,26). The fraction of sp³-hybridized carbons (Fsp3) is 0.130. The van der Waals surface area contributed by atoms with Gasteiger partial charge in [0.25, 0.3) is 0 Å². The number of pyridine rings is 1. The number of benzene rings is 3. The first-order valence-electron chi connectivity index (χ1n) is 9.35. The van der Waals surface area contributed by atoms with Crippen LogP contribution in [0.25, 0.3) is 32.7 Å². The quantitative estimate of drug-likeness (QED) is 0.411.